The molecule has 0 saturated carbocycles. The Labute approximate surface area is 194 Å². The van der Waals surface area contributed by atoms with E-state index in [0.29, 0.717) is 22.9 Å². The summed E-state index contributed by atoms with van der Waals surface area (Å²) in [5.41, 5.74) is 1.45. The summed E-state index contributed by atoms with van der Waals surface area (Å²) in [6, 6.07) is 24.2. The van der Waals surface area contributed by atoms with Crippen LogP contribution in [0, 0.1) is 5.82 Å². The summed E-state index contributed by atoms with van der Waals surface area (Å²) in [5, 5.41) is 11.3. The molecule has 33 heavy (non-hydrogen) atoms. The number of amides is 1. The molecule has 0 fully saturated rings. The summed E-state index contributed by atoms with van der Waals surface area (Å²) < 4.78 is 21.3. The third kappa shape index (κ3) is 4.94. The number of aromatic nitrogens is 2. The van der Waals surface area contributed by atoms with Crippen LogP contribution in [0.2, 0.25) is 0 Å². The molecular formula is C26H20FN3O2S. The molecule has 7 heteroatoms. The summed E-state index contributed by atoms with van der Waals surface area (Å²) in [5.74, 6) is 0.675. The lowest BCUT2D eigenvalue weighted by molar-refractivity contribution is 0.103. The Balaban J connectivity index is 1.19. The highest BCUT2D eigenvalue weighted by atomic mass is 32.1. The Morgan fingerprint density at radius 2 is 1.82 bits per heavy atom. The number of hydrogen-bond acceptors (Lipinski definition) is 4. The number of nitrogens with one attached hydrogen (secondary N) is 1. The van der Waals surface area contributed by atoms with E-state index in [0.717, 1.165) is 22.1 Å². The Morgan fingerprint density at radius 1 is 1.00 bits per heavy atom. The number of anilines is 1. The lowest BCUT2D eigenvalue weighted by atomic mass is 10.1. The standard InChI is InChI=1S/C26H20FN3O2S/c27-23-8-4-3-7-21(23)15-30-12-11-25(29-30)28-26(31)24-13-18(17-33-24)16-32-22-10-9-19-5-1-2-6-20(19)14-22/h1-14,17H,15-16H2,(H,28,29,31). The van der Waals surface area contributed by atoms with E-state index in [1.165, 1.54) is 17.4 Å². The summed E-state index contributed by atoms with van der Waals surface area (Å²) in [7, 11) is 0. The minimum atomic E-state index is -0.282. The van der Waals surface area contributed by atoms with Gasteiger partial charge >= 0.3 is 0 Å². The zero-order valence-corrected chi connectivity index (χ0v) is 18.4. The number of carbonyl (C=O) groups is 1. The van der Waals surface area contributed by atoms with Gasteiger partial charge in [0.05, 0.1) is 11.4 Å². The van der Waals surface area contributed by atoms with Crippen molar-refractivity contribution >= 4 is 33.8 Å². The monoisotopic (exact) mass is 457 g/mol. The van der Waals surface area contributed by atoms with E-state index < -0.39 is 0 Å². The maximum Gasteiger partial charge on any atom is 0.266 e. The van der Waals surface area contributed by atoms with Gasteiger partial charge in [-0.25, -0.2) is 4.39 Å². The van der Waals surface area contributed by atoms with Crippen molar-refractivity contribution < 1.29 is 13.9 Å². The second kappa shape index (κ2) is 9.26. The van der Waals surface area contributed by atoms with Gasteiger partial charge in [-0.05, 0) is 40.4 Å². The van der Waals surface area contributed by atoms with Crippen LogP contribution in [-0.4, -0.2) is 15.7 Å². The predicted octanol–water partition coefficient (Wildman–Crippen LogP) is 6.12. The van der Waals surface area contributed by atoms with Crippen molar-refractivity contribution in [3.8, 4) is 5.75 Å². The van der Waals surface area contributed by atoms with Crippen molar-refractivity contribution in [3.63, 3.8) is 0 Å². The highest BCUT2D eigenvalue weighted by Crippen LogP contribution is 2.23. The van der Waals surface area contributed by atoms with Gasteiger partial charge in [0.25, 0.3) is 5.91 Å². The normalized spacial score (nSPS) is 10.9. The average molecular weight is 458 g/mol. The molecule has 3 aromatic carbocycles. The minimum Gasteiger partial charge on any atom is -0.489 e. The number of fused-ring (bicyclic) bond motifs is 1. The summed E-state index contributed by atoms with van der Waals surface area (Å²) >= 11 is 1.35. The Morgan fingerprint density at radius 3 is 2.70 bits per heavy atom. The molecule has 0 aliphatic carbocycles. The van der Waals surface area contributed by atoms with Gasteiger partial charge in [-0.2, -0.15) is 5.10 Å². The molecule has 2 heterocycles. The highest BCUT2D eigenvalue weighted by Gasteiger charge is 2.12. The molecule has 5 nitrogen and oxygen atoms in total. The first-order valence-electron chi connectivity index (χ1n) is 10.4. The third-order valence-corrected chi connectivity index (χ3v) is 6.15. The number of ether oxygens (including phenoxy) is 1. The van der Waals surface area contributed by atoms with E-state index in [1.54, 1.807) is 35.1 Å². The van der Waals surface area contributed by atoms with Crippen LogP contribution in [0.25, 0.3) is 10.8 Å². The van der Waals surface area contributed by atoms with Crippen molar-refractivity contribution in [2.45, 2.75) is 13.2 Å². The van der Waals surface area contributed by atoms with E-state index in [4.69, 9.17) is 4.74 Å². The van der Waals surface area contributed by atoms with Crippen LogP contribution < -0.4 is 10.1 Å². The molecular weight excluding hydrogens is 437 g/mol. The van der Waals surface area contributed by atoms with E-state index in [9.17, 15) is 9.18 Å². The first-order valence-corrected chi connectivity index (χ1v) is 11.3. The Kier molecular flexibility index (Phi) is 5.87. The number of halogens is 1. The second-order valence-electron chi connectivity index (χ2n) is 7.56. The van der Waals surface area contributed by atoms with Crippen LogP contribution in [0.1, 0.15) is 20.8 Å². The smallest absolute Gasteiger partial charge is 0.266 e. The van der Waals surface area contributed by atoms with Gasteiger partial charge in [-0.3, -0.25) is 9.48 Å². The number of benzene rings is 3. The van der Waals surface area contributed by atoms with Crippen molar-refractivity contribution in [3.05, 3.63) is 112 Å². The molecule has 1 N–H and O–H groups in total. The third-order valence-electron chi connectivity index (χ3n) is 5.18. The Hall–Kier alpha value is -3.97. The highest BCUT2D eigenvalue weighted by molar-refractivity contribution is 7.12. The maximum absolute atomic E-state index is 13.8. The number of nitrogens with zero attached hydrogens (tertiary/aromatic N) is 2. The molecule has 0 bridgehead atoms. The fourth-order valence-electron chi connectivity index (χ4n) is 3.49. The zero-order chi connectivity index (χ0) is 22.6. The van der Waals surface area contributed by atoms with Gasteiger partial charge in [0.2, 0.25) is 0 Å². The molecule has 1 amide bonds. The molecule has 0 spiro atoms. The molecule has 0 aliphatic heterocycles. The van der Waals surface area contributed by atoms with E-state index in [-0.39, 0.29) is 18.3 Å². The van der Waals surface area contributed by atoms with Crippen LogP contribution in [0.5, 0.6) is 5.75 Å². The molecule has 5 rings (SSSR count). The van der Waals surface area contributed by atoms with Gasteiger partial charge in [0, 0.05) is 23.4 Å². The van der Waals surface area contributed by atoms with E-state index >= 15 is 0 Å². The van der Waals surface area contributed by atoms with Crippen LogP contribution in [0.4, 0.5) is 10.2 Å². The number of thiophene rings is 1. The Bertz CT molecular complexity index is 1430. The fourth-order valence-corrected chi connectivity index (χ4v) is 4.28. The lowest BCUT2D eigenvalue weighted by Crippen LogP contribution is -2.11. The van der Waals surface area contributed by atoms with Gasteiger partial charge in [0.1, 0.15) is 18.2 Å². The number of hydrogen-bond donors (Lipinski definition) is 1. The van der Waals surface area contributed by atoms with E-state index in [1.807, 2.05) is 47.8 Å². The summed E-state index contributed by atoms with van der Waals surface area (Å²) in [4.78, 5) is 13.2. The van der Waals surface area contributed by atoms with Crippen molar-refractivity contribution in [1.29, 1.82) is 0 Å². The topological polar surface area (TPSA) is 56.2 Å². The maximum atomic E-state index is 13.8. The fraction of sp³-hybridized carbons (Fsp3) is 0.0769. The SMILES string of the molecule is O=C(Nc1ccn(Cc2ccccc2F)n1)c1cc(COc2ccc3ccccc3c2)cs1. The molecule has 0 unspecified atom stereocenters. The molecule has 0 radical (unpaired) electrons. The summed E-state index contributed by atoms with van der Waals surface area (Å²) in [6.45, 7) is 0.664. The first-order chi connectivity index (χ1) is 16.1. The van der Waals surface area contributed by atoms with Crippen molar-refractivity contribution in [2.24, 2.45) is 0 Å². The quantitative estimate of drug-likeness (QED) is 0.320. The second-order valence-corrected chi connectivity index (χ2v) is 8.47. The number of carbonyl (C=O) groups excluding carboxylic acids is 1. The van der Waals surface area contributed by atoms with Crippen LogP contribution in [0.15, 0.2) is 90.4 Å². The first kappa shape index (κ1) is 20.9. The van der Waals surface area contributed by atoms with Gasteiger partial charge < -0.3 is 10.1 Å². The molecule has 5 aromatic rings. The van der Waals surface area contributed by atoms with Crippen LogP contribution in [-0.2, 0) is 13.2 Å². The molecule has 0 aliphatic rings. The largest absolute Gasteiger partial charge is 0.489 e. The average Bonchev–Trinajstić information content (AvgIpc) is 3.49. The van der Waals surface area contributed by atoms with Crippen LogP contribution >= 0.6 is 11.3 Å². The molecule has 164 valence electrons. The van der Waals surface area contributed by atoms with Crippen molar-refractivity contribution in [1.82, 2.24) is 9.78 Å². The molecule has 0 atom stereocenters. The van der Waals surface area contributed by atoms with Crippen molar-refractivity contribution in [2.75, 3.05) is 5.32 Å². The molecule has 2 aromatic heterocycles. The van der Waals surface area contributed by atoms with Crippen LogP contribution in [0.3, 0.4) is 0 Å². The van der Waals surface area contributed by atoms with Gasteiger partial charge in [-0.1, -0.05) is 48.5 Å². The minimum absolute atomic E-state index is 0.243. The lowest BCUT2D eigenvalue weighted by Gasteiger charge is -2.06. The number of rotatable bonds is 7. The van der Waals surface area contributed by atoms with Gasteiger partial charge in [0.15, 0.2) is 5.82 Å². The molecule has 0 saturated heterocycles. The summed E-state index contributed by atoms with van der Waals surface area (Å²) in [6.07, 6.45) is 1.71. The zero-order valence-electron chi connectivity index (χ0n) is 17.6. The van der Waals surface area contributed by atoms with Gasteiger partial charge in [-0.15, -0.1) is 11.3 Å². The predicted molar refractivity (Wildman–Crippen MR) is 128 cm³/mol. The van der Waals surface area contributed by atoms with E-state index in [2.05, 4.69) is 16.5 Å².